The molecule has 158 valence electrons. The first-order valence-electron chi connectivity index (χ1n) is 10.1. The number of rotatable bonds is 7. The molecule has 2 aromatic carbocycles. The number of methoxy groups -OCH3 is 2. The Kier molecular flexibility index (Phi) is 7.11. The van der Waals surface area contributed by atoms with E-state index in [0.717, 1.165) is 35.4 Å². The highest BCUT2D eigenvalue weighted by Crippen LogP contribution is 2.29. The summed E-state index contributed by atoms with van der Waals surface area (Å²) in [6, 6.07) is 13.6. The van der Waals surface area contributed by atoms with Gasteiger partial charge in [-0.05, 0) is 44.0 Å². The van der Waals surface area contributed by atoms with Crippen molar-refractivity contribution >= 4 is 17.2 Å². The van der Waals surface area contributed by atoms with Gasteiger partial charge < -0.3 is 14.0 Å². The molecule has 0 radical (unpaired) electrons. The minimum absolute atomic E-state index is 0.294. The zero-order valence-corrected chi connectivity index (χ0v) is 19.0. The first kappa shape index (κ1) is 21.8. The van der Waals surface area contributed by atoms with Crippen LogP contribution in [0.5, 0.6) is 11.5 Å². The Morgan fingerprint density at radius 1 is 1.03 bits per heavy atom. The van der Waals surface area contributed by atoms with E-state index >= 15 is 0 Å². The van der Waals surface area contributed by atoms with Gasteiger partial charge in [0.05, 0.1) is 19.9 Å². The number of amides is 1. The lowest BCUT2D eigenvalue weighted by Crippen LogP contribution is -2.17. The van der Waals surface area contributed by atoms with Gasteiger partial charge in [-0.2, -0.15) is 4.99 Å². The molecule has 5 nitrogen and oxygen atoms in total. The van der Waals surface area contributed by atoms with Gasteiger partial charge in [0.25, 0.3) is 5.91 Å². The Hall–Kier alpha value is -2.86. The van der Waals surface area contributed by atoms with Gasteiger partial charge in [-0.25, -0.2) is 0 Å². The fourth-order valence-electron chi connectivity index (χ4n) is 3.38. The highest BCUT2D eigenvalue weighted by atomic mass is 32.1. The molecule has 0 N–H and O–H groups in total. The van der Waals surface area contributed by atoms with Crippen LogP contribution in [0.2, 0.25) is 0 Å². The number of aryl methyl sites for hydroxylation is 2. The third kappa shape index (κ3) is 4.49. The average Bonchev–Trinajstić information content (AvgIpc) is 3.10. The molecule has 0 atom stereocenters. The van der Waals surface area contributed by atoms with Crippen molar-refractivity contribution in [1.29, 1.82) is 0 Å². The summed E-state index contributed by atoms with van der Waals surface area (Å²) < 4.78 is 12.7. The third-order valence-corrected chi connectivity index (χ3v) is 6.06. The zero-order valence-electron chi connectivity index (χ0n) is 18.2. The van der Waals surface area contributed by atoms with Gasteiger partial charge in [-0.3, -0.25) is 4.79 Å². The molecule has 0 aliphatic carbocycles. The van der Waals surface area contributed by atoms with Gasteiger partial charge in [-0.15, -0.1) is 11.3 Å². The van der Waals surface area contributed by atoms with Crippen molar-refractivity contribution in [2.45, 2.75) is 40.2 Å². The number of ether oxygens (including phenoxy) is 2. The molecule has 0 bridgehead atoms. The van der Waals surface area contributed by atoms with E-state index < -0.39 is 0 Å². The van der Waals surface area contributed by atoms with E-state index in [9.17, 15) is 4.79 Å². The second-order valence-corrected chi connectivity index (χ2v) is 8.07. The standard InChI is InChI=1S/C24H28N2O3S/c1-6-8-21-22(17-11-9-16(3)10-12-17)26(7-2)24(30-21)25-23(27)18-13-14-19(28-4)20(15-18)29-5/h9-15H,6-8H2,1-5H3. The number of hydrogen-bond donors (Lipinski definition) is 0. The van der Waals surface area contributed by atoms with Crippen molar-refractivity contribution in [2.24, 2.45) is 4.99 Å². The quantitative estimate of drug-likeness (QED) is 0.520. The maximum Gasteiger partial charge on any atom is 0.279 e. The third-order valence-electron chi connectivity index (χ3n) is 4.93. The first-order valence-corrected chi connectivity index (χ1v) is 10.9. The predicted octanol–water partition coefficient (Wildman–Crippen LogP) is 5.26. The predicted molar refractivity (Wildman–Crippen MR) is 122 cm³/mol. The number of thiazole rings is 1. The van der Waals surface area contributed by atoms with Crippen LogP contribution in [0.3, 0.4) is 0 Å². The Labute approximate surface area is 181 Å². The Balaban J connectivity index is 2.11. The number of aromatic nitrogens is 1. The lowest BCUT2D eigenvalue weighted by Gasteiger charge is -2.09. The molecule has 0 spiro atoms. The summed E-state index contributed by atoms with van der Waals surface area (Å²) in [4.78, 5) is 19.4. The summed E-state index contributed by atoms with van der Waals surface area (Å²) >= 11 is 1.59. The summed E-state index contributed by atoms with van der Waals surface area (Å²) in [7, 11) is 3.12. The molecule has 3 aromatic rings. The van der Waals surface area contributed by atoms with Crippen LogP contribution < -0.4 is 14.3 Å². The molecule has 1 aromatic heterocycles. The molecule has 0 aliphatic rings. The van der Waals surface area contributed by atoms with Crippen LogP contribution in [0.15, 0.2) is 47.5 Å². The molecular weight excluding hydrogens is 396 g/mol. The molecule has 0 saturated carbocycles. The van der Waals surface area contributed by atoms with Crippen LogP contribution in [0.25, 0.3) is 11.3 Å². The molecule has 1 amide bonds. The van der Waals surface area contributed by atoms with E-state index in [4.69, 9.17) is 9.47 Å². The van der Waals surface area contributed by atoms with Crippen LogP contribution >= 0.6 is 11.3 Å². The fraction of sp³-hybridized carbons (Fsp3) is 0.333. The first-order chi connectivity index (χ1) is 14.5. The van der Waals surface area contributed by atoms with Gasteiger partial charge in [0, 0.05) is 17.0 Å². The number of hydrogen-bond acceptors (Lipinski definition) is 4. The summed E-state index contributed by atoms with van der Waals surface area (Å²) in [5, 5.41) is 0. The second kappa shape index (κ2) is 9.76. The Morgan fingerprint density at radius 2 is 1.73 bits per heavy atom. The molecule has 1 heterocycles. The van der Waals surface area contributed by atoms with Crippen LogP contribution in [0.1, 0.15) is 41.1 Å². The number of benzene rings is 2. The van der Waals surface area contributed by atoms with Crippen molar-refractivity contribution in [2.75, 3.05) is 14.2 Å². The Morgan fingerprint density at radius 3 is 2.33 bits per heavy atom. The molecule has 0 fully saturated rings. The highest BCUT2D eigenvalue weighted by Gasteiger charge is 2.16. The number of carbonyl (C=O) groups excluding carboxylic acids is 1. The normalized spacial score (nSPS) is 11.6. The van der Waals surface area contributed by atoms with Crippen molar-refractivity contribution in [3.05, 3.63) is 63.3 Å². The molecule has 30 heavy (non-hydrogen) atoms. The lowest BCUT2D eigenvalue weighted by atomic mass is 10.1. The van der Waals surface area contributed by atoms with Crippen LogP contribution in [0, 0.1) is 6.92 Å². The summed E-state index contributed by atoms with van der Waals surface area (Å²) in [5.74, 6) is 0.804. The highest BCUT2D eigenvalue weighted by molar-refractivity contribution is 7.09. The molecule has 0 unspecified atom stereocenters. The van der Waals surface area contributed by atoms with Gasteiger partial charge in [0.15, 0.2) is 16.3 Å². The summed E-state index contributed by atoms with van der Waals surface area (Å²) in [6.45, 7) is 7.07. The van der Waals surface area contributed by atoms with Gasteiger partial charge in [0.2, 0.25) is 0 Å². The van der Waals surface area contributed by atoms with E-state index in [0.29, 0.717) is 17.1 Å². The summed E-state index contributed by atoms with van der Waals surface area (Å²) in [6.07, 6.45) is 1.99. The van der Waals surface area contributed by atoms with Gasteiger partial charge in [-0.1, -0.05) is 43.2 Å². The van der Waals surface area contributed by atoms with E-state index in [1.807, 2.05) is 0 Å². The topological polar surface area (TPSA) is 52.8 Å². The van der Waals surface area contributed by atoms with E-state index in [1.54, 1.807) is 43.8 Å². The molecular formula is C24H28N2O3S. The second-order valence-electron chi connectivity index (χ2n) is 7.00. The Bertz CT molecular complexity index is 1090. The van der Waals surface area contributed by atoms with Crippen molar-refractivity contribution < 1.29 is 14.3 Å². The summed E-state index contributed by atoms with van der Waals surface area (Å²) in [5.41, 5.74) is 4.01. The monoisotopic (exact) mass is 424 g/mol. The number of carbonyl (C=O) groups is 1. The SMILES string of the molecule is CCCc1sc(=NC(=O)c2ccc(OC)c(OC)c2)n(CC)c1-c1ccc(C)cc1. The minimum Gasteiger partial charge on any atom is -0.493 e. The van der Waals surface area contributed by atoms with Gasteiger partial charge >= 0.3 is 0 Å². The van der Waals surface area contributed by atoms with Crippen LogP contribution in [-0.2, 0) is 13.0 Å². The van der Waals surface area contributed by atoms with E-state index in [2.05, 4.69) is 54.6 Å². The molecule has 6 heteroatoms. The van der Waals surface area contributed by atoms with E-state index in [1.165, 1.54) is 10.4 Å². The maximum absolute atomic E-state index is 12.9. The average molecular weight is 425 g/mol. The van der Waals surface area contributed by atoms with Crippen molar-refractivity contribution in [3.8, 4) is 22.8 Å². The van der Waals surface area contributed by atoms with Crippen molar-refractivity contribution in [3.63, 3.8) is 0 Å². The molecule has 3 rings (SSSR count). The van der Waals surface area contributed by atoms with Crippen LogP contribution in [-0.4, -0.2) is 24.7 Å². The van der Waals surface area contributed by atoms with Crippen molar-refractivity contribution in [1.82, 2.24) is 4.57 Å². The maximum atomic E-state index is 12.9. The smallest absolute Gasteiger partial charge is 0.279 e. The minimum atomic E-state index is -0.294. The largest absolute Gasteiger partial charge is 0.493 e. The fourth-order valence-corrected chi connectivity index (χ4v) is 4.69. The zero-order chi connectivity index (χ0) is 21.7. The lowest BCUT2D eigenvalue weighted by molar-refractivity contribution is 0.0997. The molecule has 0 aliphatic heterocycles. The van der Waals surface area contributed by atoms with Crippen LogP contribution in [0.4, 0.5) is 0 Å². The van der Waals surface area contributed by atoms with Gasteiger partial charge in [0.1, 0.15) is 0 Å². The van der Waals surface area contributed by atoms with E-state index in [-0.39, 0.29) is 5.91 Å². The number of nitrogens with zero attached hydrogens (tertiary/aromatic N) is 2. The molecule has 0 saturated heterocycles.